The minimum Gasteiger partial charge on any atom is -0.389 e. The van der Waals surface area contributed by atoms with Gasteiger partial charge in [-0.15, -0.1) is 0 Å². The Morgan fingerprint density at radius 3 is 2.24 bits per heavy atom. The molecular formula is C13H29NO3. The summed E-state index contributed by atoms with van der Waals surface area (Å²) < 4.78 is 10.8. The number of aliphatic hydroxyl groups is 1. The fourth-order valence-corrected chi connectivity index (χ4v) is 1.30. The Morgan fingerprint density at radius 2 is 1.65 bits per heavy atom. The maximum absolute atomic E-state index is 9.56. The van der Waals surface area contributed by atoms with E-state index >= 15 is 0 Å². The van der Waals surface area contributed by atoms with Crippen LogP contribution in [0.15, 0.2) is 0 Å². The molecular weight excluding hydrogens is 218 g/mol. The zero-order valence-corrected chi connectivity index (χ0v) is 11.7. The van der Waals surface area contributed by atoms with Gasteiger partial charge in [0.15, 0.2) is 0 Å². The van der Waals surface area contributed by atoms with Crippen LogP contribution in [0.3, 0.4) is 0 Å². The topological polar surface area (TPSA) is 50.7 Å². The zero-order valence-electron chi connectivity index (χ0n) is 11.7. The highest BCUT2D eigenvalue weighted by Gasteiger charge is 2.04. The second kappa shape index (κ2) is 11.0. The van der Waals surface area contributed by atoms with Crippen molar-refractivity contribution in [1.82, 2.24) is 5.32 Å². The van der Waals surface area contributed by atoms with Crippen LogP contribution < -0.4 is 5.32 Å². The number of hydrogen-bond acceptors (Lipinski definition) is 4. The van der Waals surface area contributed by atoms with E-state index in [1.165, 1.54) is 0 Å². The summed E-state index contributed by atoms with van der Waals surface area (Å²) in [6.45, 7) is 10.8. The second-order valence-electron chi connectivity index (χ2n) is 4.87. The summed E-state index contributed by atoms with van der Waals surface area (Å²) in [5, 5.41) is 12.8. The first-order valence-electron chi connectivity index (χ1n) is 6.64. The molecule has 1 unspecified atom stereocenters. The van der Waals surface area contributed by atoms with E-state index in [0.717, 1.165) is 26.0 Å². The number of aliphatic hydroxyl groups excluding tert-OH is 1. The fourth-order valence-electron chi connectivity index (χ4n) is 1.30. The number of ether oxygens (including phenoxy) is 2. The standard InChI is InChI=1S/C13H29NO3/c1-11(2)16-8-6-5-7-14-9-13(15)10-17-12(3)4/h11-15H,5-10H2,1-4H3. The van der Waals surface area contributed by atoms with Crippen molar-refractivity contribution in [3.8, 4) is 0 Å². The van der Waals surface area contributed by atoms with Crippen molar-refractivity contribution >= 4 is 0 Å². The summed E-state index contributed by atoms with van der Waals surface area (Å²) in [4.78, 5) is 0. The summed E-state index contributed by atoms with van der Waals surface area (Å²) in [5.41, 5.74) is 0. The third kappa shape index (κ3) is 13.8. The third-order valence-electron chi connectivity index (χ3n) is 2.20. The van der Waals surface area contributed by atoms with Crippen molar-refractivity contribution in [2.24, 2.45) is 0 Å². The molecule has 0 aliphatic rings. The molecule has 2 N–H and O–H groups in total. The Kier molecular flexibility index (Phi) is 10.9. The van der Waals surface area contributed by atoms with Gasteiger partial charge in [-0.2, -0.15) is 0 Å². The van der Waals surface area contributed by atoms with E-state index in [2.05, 4.69) is 5.32 Å². The highest BCUT2D eigenvalue weighted by molar-refractivity contribution is 4.59. The molecule has 0 aliphatic carbocycles. The van der Waals surface area contributed by atoms with Gasteiger partial charge in [-0.25, -0.2) is 0 Å². The number of unbranched alkanes of at least 4 members (excludes halogenated alkanes) is 1. The van der Waals surface area contributed by atoms with E-state index in [4.69, 9.17) is 9.47 Å². The van der Waals surface area contributed by atoms with Crippen molar-refractivity contribution in [2.45, 2.75) is 58.8 Å². The van der Waals surface area contributed by atoms with Gasteiger partial charge in [0.05, 0.1) is 24.9 Å². The molecule has 0 aromatic rings. The summed E-state index contributed by atoms with van der Waals surface area (Å²) in [5.74, 6) is 0. The van der Waals surface area contributed by atoms with Crippen LogP contribution in [-0.2, 0) is 9.47 Å². The Morgan fingerprint density at radius 1 is 1.00 bits per heavy atom. The summed E-state index contributed by atoms with van der Waals surface area (Å²) >= 11 is 0. The third-order valence-corrected chi connectivity index (χ3v) is 2.20. The molecule has 0 rings (SSSR count). The minimum atomic E-state index is -0.413. The molecule has 0 radical (unpaired) electrons. The van der Waals surface area contributed by atoms with Gasteiger partial charge >= 0.3 is 0 Å². The largest absolute Gasteiger partial charge is 0.389 e. The molecule has 0 saturated carbocycles. The SMILES string of the molecule is CC(C)OCCCCNCC(O)COC(C)C. The molecule has 104 valence electrons. The Labute approximate surface area is 106 Å². The molecule has 1 atom stereocenters. The van der Waals surface area contributed by atoms with Crippen molar-refractivity contribution in [3.05, 3.63) is 0 Å². The van der Waals surface area contributed by atoms with Crippen LogP contribution in [0.4, 0.5) is 0 Å². The molecule has 0 amide bonds. The van der Waals surface area contributed by atoms with Crippen LogP contribution in [-0.4, -0.2) is 49.7 Å². The van der Waals surface area contributed by atoms with Gasteiger partial charge in [0.1, 0.15) is 0 Å². The van der Waals surface area contributed by atoms with Crippen molar-refractivity contribution in [2.75, 3.05) is 26.3 Å². The van der Waals surface area contributed by atoms with E-state index in [-0.39, 0.29) is 6.10 Å². The molecule has 0 aromatic heterocycles. The first-order valence-corrected chi connectivity index (χ1v) is 6.64. The summed E-state index contributed by atoms with van der Waals surface area (Å²) in [6.07, 6.45) is 2.22. The van der Waals surface area contributed by atoms with Crippen LogP contribution in [0.1, 0.15) is 40.5 Å². The second-order valence-corrected chi connectivity index (χ2v) is 4.87. The maximum Gasteiger partial charge on any atom is 0.0897 e. The minimum absolute atomic E-state index is 0.179. The molecule has 0 bridgehead atoms. The van der Waals surface area contributed by atoms with Crippen LogP contribution in [0, 0.1) is 0 Å². The number of hydrogen-bond donors (Lipinski definition) is 2. The van der Waals surface area contributed by atoms with E-state index < -0.39 is 6.10 Å². The average Bonchev–Trinajstić information content (AvgIpc) is 2.24. The zero-order chi connectivity index (χ0) is 13.1. The normalized spacial score (nSPS) is 13.6. The van der Waals surface area contributed by atoms with Crippen molar-refractivity contribution in [3.63, 3.8) is 0 Å². The van der Waals surface area contributed by atoms with Gasteiger partial charge in [0.2, 0.25) is 0 Å². The highest BCUT2D eigenvalue weighted by Crippen LogP contribution is 1.94. The monoisotopic (exact) mass is 247 g/mol. The van der Waals surface area contributed by atoms with Crippen LogP contribution in [0.2, 0.25) is 0 Å². The molecule has 0 saturated heterocycles. The predicted octanol–water partition coefficient (Wildman–Crippen LogP) is 1.57. The lowest BCUT2D eigenvalue weighted by molar-refractivity contribution is 0.00637. The van der Waals surface area contributed by atoms with Crippen LogP contribution in [0.5, 0.6) is 0 Å². The molecule has 0 aromatic carbocycles. The van der Waals surface area contributed by atoms with E-state index in [9.17, 15) is 5.11 Å². The highest BCUT2D eigenvalue weighted by atomic mass is 16.5. The molecule has 17 heavy (non-hydrogen) atoms. The van der Waals surface area contributed by atoms with Crippen molar-refractivity contribution < 1.29 is 14.6 Å². The number of nitrogens with one attached hydrogen (secondary N) is 1. The first-order chi connectivity index (χ1) is 8.02. The quantitative estimate of drug-likeness (QED) is 0.544. The molecule has 0 spiro atoms. The Balaban J connectivity index is 3.16. The smallest absolute Gasteiger partial charge is 0.0897 e. The van der Waals surface area contributed by atoms with E-state index in [0.29, 0.717) is 19.3 Å². The predicted molar refractivity (Wildman–Crippen MR) is 70.3 cm³/mol. The molecule has 0 aliphatic heterocycles. The Bertz CT molecular complexity index is 163. The first kappa shape index (κ1) is 16.8. The van der Waals surface area contributed by atoms with Gasteiger partial charge in [-0.3, -0.25) is 0 Å². The molecule has 0 heterocycles. The lowest BCUT2D eigenvalue weighted by Gasteiger charge is -2.14. The van der Waals surface area contributed by atoms with Gasteiger partial charge in [-0.05, 0) is 47.1 Å². The number of rotatable bonds is 11. The van der Waals surface area contributed by atoms with E-state index in [1.54, 1.807) is 0 Å². The lowest BCUT2D eigenvalue weighted by Crippen LogP contribution is -2.31. The van der Waals surface area contributed by atoms with Gasteiger partial charge < -0.3 is 19.9 Å². The molecule has 4 heteroatoms. The Hall–Kier alpha value is -0.160. The summed E-state index contributed by atoms with van der Waals surface area (Å²) in [7, 11) is 0. The van der Waals surface area contributed by atoms with Gasteiger partial charge in [-0.1, -0.05) is 0 Å². The average molecular weight is 247 g/mol. The van der Waals surface area contributed by atoms with Crippen molar-refractivity contribution in [1.29, 1.82) is 0 Å². The van der Waals surface area contributed by atoms with Crippen LogP contribution in [0.25, 0.3) is 0 Å². The maximum atomic E-state index is 9.56. The molecule has 4 nitrogen and oxygen atoms in total. The fraction of sp³-hybridized carbons (Fsp3) is 1.00. The van der Waals surface area contributed by atoms with Gasteiger partial charge in [0, 0.05) is 13.2 Å². The molecule has 0 fully saturated rings. The lowest BCUT2D eigenvalue weighted by atomic mass is 10.3. The van der Waals surface area contributed by atoms with E-state index in [1.807, 2.05) is 27.7 Å². The van der Waals surface area contributed by atoms with Crippen LogP contribution >= 0.6 is 0 Å². The summed E-state index contributed by atoms with van der Waals surface area (Å²) in [6, 6.07) is 0. The van der Waals surface area contributed by atoms with Gasteiger partial charge in [0.25, 0.3) is 0 Å².